The van der Waals surface area contributed by atoms with Gasteiger partial charge in [0, 0.05) is 11.6 Å². The second-order valence-corrected chi connectivity index (χ2v) is 5.25. The van der Waals surface area contributed by atoms with Gasteiger partial charge in [0.15, 0.2) is 0 Å². The minimum Gasteiger partial charge on any atom is -0.488 e. The molecule has 2 aromatic rings. The summed E-state index contributed by atoms with van der Waals surface area (Å²) in [7, 11) is 1.34. The first kappa shape index (κ1) is 16.0. The van der Waals surface area contributed by atoms with Crippen molar-refractivity contribution < 1.29 is 18.7 Å². The van der Waals surface area contributed by atoms with Gasteiger partial charge in [0.05, 0.1) is 12.7 Å². The van der Waals surface area contributed by atoms with Crippen LogP contribution in [0, 0.1) is 26.6 Å². The van der Waals surface area contributed by atoms with E-state index in [1.54, 1.807) is 25.1 Å². The smallest absolute Gasteiger partial charge is 0.338 e. The van der Waals surface area contributed by atoms with Crippen molar-refractivity contribution in [2.45, 2.75) is 27.4 Å². The van der Waals surface area contributed by atoms with Gasteiger partial charge in [0.25, 0.3) is 0 Å². The van der Waals surface area contributed by atoms with Crippen LogP contribution >= 0.6 is 0 Å². The molecule has 3 nitrogen and oxygen atoms in total. The van der Waals surface area contributed by atoms with Gasteiger partial charge in [-0.1, -0.05) is 12.1 Å². The molecular formula is C18H19FO3. The summed E-state index contributed by atoms with van der Waals surface area (Å²) in [5.41, 5.74) is 3.57. The van der Waals surface area contributed by atoms with Crippen LogP contribution in [0.25, 0.3) is 0 Å². The zero-order chi connectivity index (χ0) is 16.3. The Morgan fingerprint density at radius 1 is 1.09 bits per heavy atom. The average molecular weight is 302 g/mol. The summed E-state index contributed by atoms with van der Waals surface area (Å²) in [6.07, 6.45) is 0. The van der Waals surface area contributed by atoms with Crippen LogP contribution in [-0.2, 0) is 11.3 Å². The summed E-state index contributed by atoms with van der Waals surface area (Å²) in [6, 6.07) is 8.50. The number of rotatable bonds is 4. The molecule has 0 aliphatic rings. The van der Waals surface area contributed by atoms with Gasteiger partial charge in [0.2, 0.25) is 0 Å². The molecule has 0 saturated carbocycles. The van der Waals surface area contributed by atoms with Crippen LogP contribution in [0.5, 0.6) is 5.75 Å². The highest BCUT2D eigenvalue weighted by atomic mass is 19.1. The number of carbonyl (C=O) groups excluding carboxylic acids is 1. The van der Waals surface area contributed by atoms with E-state index in [1.807, 2.05) is 19.9 Å². The lowest BCUT2D eigenvalue weighted by molar-refractivity contribution is 0.0597. The summed E-state index contributed by atoms with van der Waals surface area (Å²) in [4.78, 5) is 11.8. The predicted octanol–water partition coefficient (Wildman–Crippen LogP) is 4.12. The zero-order valence-electron chi connectivity index (χ0n) is 13.2. The maximum Gasteiger partial charge on any atom is 0.338 e. The van der Waals surface area contributed by atoms with Gasteiger partial charge >= 0.3 is 5.97 Å². The fraction of sp³-hybridized carbons (Fsp3) is 0.278. The lowest BCUT2D eigenvalue weighted by Gasteiger charge is -2.14. The second kappa shape index (κ2) is 6.60. The first-order valence-electron chi connectivity index (χ1n) is 7.00. The first-order valence-corrected chi connectivity index (χ1v) is 7.00. The van der Waals surface area contributed by atoms with E-state index in [4.69, 9.17) is 9.47 Å². The Bertz CT molecular complexity index is 708. The molecule has 116 valence electrons. The number of aryl methyl sites for hydroxylation is 3. The molecule has 0 heterocycles. The lowest BCUT2D eigenvalue weighted by Crippen LogP contribution is -2.10. The van der Waals surface area contributed by atoms with Crippen molar-refractivity contribution >= 4 is 5.97 Å². The topological polar surface area (TPSA) is 35.5 Å². The molecule has 0 aliphatic carbocycles. The number of benzene rings is 2. The number of halogens is 1. The highest BCUT2D eigenvalue weighted by molar-refractivity contribution is 5.91. The van der Waals surface area contributed by atoms with Crippen molar-refractivity contribution in [3.05, 3.63) is 64.0 Å². The number of methoxy groups -OCH3 is 1. The molecule has 22 heavy (non-hydrogen) atoms. The van der Waals surface area contributed by atoms with Crippen LogP contribution in [0.4, 0.5) is 4.39 Å². The van der Waals surface area contributed by atoms with Crippen molar-refractivity contribution in [3.63, 3.8) is 0 Å². The Morgan fingerprint density at radius 3 is 2.50 bits per heavy atom. The maximum atomic E-state index is 13.7. The van der Waals surface area contributed by atoms with E-state index in [1.165, 1.54) is 13.2 Å². The Hall–Kier alpha value is -2.36. The Morgan fingerprint density at radius 2 is 1.82 bits per heavy atom. The fourth-order valence-corrected chi connectivity index (χ4v) is 2.31. The molecule has 0 saturated heterocycles. The molecule has 0 unspecified atom stereocenters. The van der Waals surface area contributed by atoms with E-state index in [0.29, 0.717) is 16.9 Å². The van der Waals surface area contributed by atoms with E-state index >= 15 is 0 Å². The molecular weight excluding hydrogens is 283 g/mol. The number of hydrogen-bond acceptors (Lipinski definition) is 3. The van der Waals surface area contributed by atoms with Crippen LogP contribution in [0.15, 0.2) is 30.3 Å². The Kier molecular flexibility index (Phi) is 4.81. The largest absolute Gasteiger partial charge is 0.488 e. The highest BCUT2D eigenvalue weighted by Crippen LogP contribution is 2.24. The van der Waals surface area contributed by atoms with E-state index in [-0.39, 0.29) is 12.4 Å². The monoisotopic (exact) mass is 302 g/mol. The molecule has 0 fully saturated rings. The van der Waals surface area contributed by atoms with Gasteiger partial charge in [-0.05, 0) is 49.6 Å². The number of carbonyl (C=O) groups is 1. The van der Waals surface area contributed by atoms with Gasteiger partial charge in [0.1, 0.15) is 18.2 Å². The van der Waals surface area contributed by atoms with Crippen LogP contribution < -0.4 is 4.74 Å². The molecule has 0 spiro atoms. The van der Waals surface area contributed by atoms with Crippen molar-refractivity contribution in [2.75, 3.05) is 7.11 Å². The predicted molar refractivity (Wildman–Crippen MR) is 82.7 cm³/mol. The summed E-state index contributed by atoms with van der Waals surface area (Å²) < 4.78 is 24.2. The van der Waals surface area contributed by atoms with Crippen molar-refractivity contribution in [1.82, 2.24) is 0 Å². The van der Waals surface area contributed by atoms with Gasteiger partial charge < -0.3 is 9.47 Å². The fourth-order valence-electron chi connectivity index (χ4n) is 2.31. The van der Waals surface area contributed by atoms with Crippen LogP contribution in [-0.4, -0.2) is 13.1 Å². The normalized spacial score (nSPS) is 10.4. The number of esters is 1. The van der Waals surface area contributed by atoms with Gasteiger partial charge in [-0.15, -0.1) is 0 Å². The molecule has 0 radical (unpaired) electrons. The molecule has 0 bridgehead atoms. The van der Waals surface area contributed by atoms with E-state index < -0.39 is 5.97 Å². The molecule has 0 amide bonds. The van der Waals surface area contributed by atoms with E-state index in [9.17, 15) is 9.18 Å². The summed E-state index contributed by atoms with van der Waals surface area (Å²) >= 11 is 0. The molecule has 4 heteroatoms. The minimum absolute atomic E-state index is 0.181. The number of ether oxygens (including phenoxy) is 2. The molecule has 2 aromatic carbocycles. The SMILES string of the molecule is COC(=O)c1cccc(C)c1COc1cc(F)c(C)cc1C. The Labute approximate surface area is 129 Å². The molecule has 2 rings (SSSR count). The quantitative estimate of drug-likeness (QED) is 0.797. The standard InChI is InChI=1S/C18H19FO3/c1-11-6-5-7-14(18(20)21-4)15(11)10-22-17-9-16(19)12(2)8-13(17)3/h5-9H,10H2,1-4H3. The first-order chi connectivity index (χ1) is 10.4. The van der Waals surface area contributed by atoms with Crippen molar-refractivity contribution in [3.8, 4) is 5.75 Å². The van der Waals surface area contributed by atoms with Gasteiger partial charge in [-0.25, -0.2) is 9.18 Å². The third kappa shape index (κ3) is 3.27. The maximum absolute atomic E-state index is 13.7. The van der Waals surface area contributed by atoms with Gasteiger partial charge in [-0.3, -0.25) is 0 Å². The lowest BCUT2D eigenvalue weighted by atomic mass is 10.0. The van der Waals surface area contributed by atoms with Crippen molar-refractivity contribution in [2.24, 2.45) is 0 Å². The molecule has 0 aliphatic heterocycles. The third-order valence-electron chi connectivity index (χ3n) is 3.64. The average Bonchev–Trinajstić information content (AvgIpc) is 2.49. The minimum atomic E-state index is -0.408. The molecule has 0 aromatic heterocycles. The highest BCUT2D eigenvalue weighted by Gasteiger charge is 2.15. The van der Waals surface area contributed by atoms with Crippen LogP contribution in [0.2, 0.25) is 0 Å². The molecule has 0 N–H and O–H groups in total. The number of hydrogen-bond donors (Lipinski definition) is 0. The summed E-state index contributed by atoms with van der Waals surface area (Å²) in [6.45, 7) is 5.65. The van der Waals surface area contributed by atoms with E-state index in [0.717, 1.165) is 16.7 Å². The second-order valence-electron chi connectivity index (χ2n) is 5.25. The van der Waals surface area contributed by atoms with Crippen LogP contribution in [0.1, 0.15) is 32.6 Å². The van der Waals surface area contributed by atoms with E-state index in [2.05, 4.69) is 0 Å². The molecule has 0 atom stereocenters. The zero-order valence-corrected chi connectivity index (χ0v) is 13.2. The summed E-state index contributed by atoms with van der Waals surface area (Å²) in [5, 5.41) is 0. The Balaban J connectivity index is 2.29. The van der Waals surface area contributed by atoms with Crippen LogP contribution in [0.3, 0.4) is 0 Å². The summed E-state index contributed by atoms with van der Waals surface area (Å²) in [5.74, 6) is -0.241. The van der Waals surface area contributed by atoms with Crippen molar-refractivity contribution in [1.29, 1.82) is 0 Å². The third-order valence-corrected chi connectivity index (χ3v) is 3.64. The van der Waals surface area contributed by atoms with Gasteiger partial charge in [-0.2, -0.15) is 0 Å².